The first kappa shape index (κ1) is 29.1. The maximum Gasteiger partial charge on any atom is 0.490 e. The van der Waals surface area contributed by atoms with Crippen molar-refractivity contribution >= 4 is 27.7 Å². The van der Waals surface area contributed by atoms with Crippen LogP contribution in [0.4, 0.5) is 19.0 Å². The van der Waals surface area contributed by atoms with Crippen molar-refractivity contribution in [1.82, 2.24) is 14.2 Å². The van der Waals surface area contributed by atoms with E-state index < -0.39 is 27.6 Å². The number of fused-ring (bicyclic) bond motifs is 1. The summed E-state index contributed by atoms with van der Waals surface area (Å²) in [7, 11) is -3.30. The smallest absolute Gasteiger partial charge is 0.475 e. The van der Waals surface area contributed by atoms with E-state index in [0.29, 0.717) is 71.7 Å². The highest BCUT2D eigenvalue weighted by atomic mass is 32.2. The number of carbonyl (C=O) groups is 2. The van der Waals surface area contributed by atoms with Gasteiger partial charge >= 0.3 is 12.1 Å². The summed E-state index contributed by atoms with van der Waals surface area (Å²) in [6.45, 7) is 6.37. The molecule has 37 heavy (non-hydrogen) atoms. The zero-order valence-corrected chi connectivity index (χ0v) is 21.5. The second-order valence-electron chi connectivity index (χ2n) is 9.41. The van der Waals surface area contributed by atoms with Gasteiger partial charge in [0.05, 0.1) is 24.4 Å². The van der Waals surface area contributed by atoms with Crippen LogP contribution in [0.5, 0.6) is 0 Å². The number of pyridine rings is 1. The van der Waals surface area contributed by atoms with Gasteiger partial charge in [0, 0.05) is 51.4 Å². The van der Waals surface area contributed by atoms with Crippen molar-refractivity contribution in [2.24, 2.45) is 11.3 Å². The fourth-order valence-corrected chi connectivity index (χ4v) is 6.77. The molecule has 0 unspecified atom stereocenters. The quantitative estimate of drug-likeness (QED) is 0.590. The molecule has 3 saturated heterocycles. The molecule has 3 aliphatic rings. The number of alkyl halides is 3. The lowest BCUT2D eigenvalue weighted by Gasteiger charge is -2.38. The van der Waals surface area contributed by atoms with Gasteiger partial charge in [-0.2, -0.15) is 13.2 Å². The Bertz CT molecular complexity index is 1040. The number of aliphatic carboxylic acids is 1. The molecule has 4 rings (SSSR count). The molecule has 1 N–H and O–H groups in total. The number of aromatic nitrogens is 1. The largest absolute Gasteiger partial charge is 0.490 e. The number of rotatable bonds is 5. The highest BCUT2D eigenvalue weighted by Gasteiger charge is 2.55. The molecule has 1 amide bonds. The SMILES string of the molecule is CCCS(=O)(=O)N1CCC[C@]2(C(=O)N3CCOCC3)CN(c3ccccn3)C[C@@H]2C1.O=C(O)C(F)(F)F. The van der Waals surface area contributed by atoms with Crippen molar-refractivity contribution in [2.75, 3.05) is 63.1 Å². The lowest BCUT2D eigenvalue weighted by molar-refractivity contribution is -0.192. The van der Waals surface area contributed by atoms with E-state index in [1.165, 1.54) is 0 Å². The average Bonchev–Trinajstić information content (AvgIpc) is 3.12. The van der Waals surface area contributed by atoms with Gasteiger partial charge in [0.2, 0.25) is 15.9 Å². The minimum Gasteiger partial charge on any atom is -0.475 e. The summed E-state index contributed by atoms with van der Waals surface area (Å²) in [5.74, 6) is -1.64. The van der Waals surface area contributed by atoms with Crippen LogP contribution in [0.1, 0.15) is 26.2 Å². The summed E-state index contributed by atoms with van der Waals surface area (Å²) in [6, 6.07) is 5.79. The van der Waals surface area contributed by atoms with E-state index in [-0.39, 0.29) is 17.6 Å². The molecule has 4 heterocycles. The number of carboxylic acids is 1. The summed E-state index contributed by atoms with van der Waals surface area (Å²) < 4.78 is 64.5. The Labute approximate surface area is 214 Å². The van der Waals surface area contributed by atoms with E-state index in [9.17, 15) is 26.4 Å². The molecular weight excluding hydrogens is 517 g/mol. The highest BCUT2D eigenvalue weighted by Crippen LogP contribution is 2.45. The lowest BCUT2D eigenvalue weighted by atomic mass is 9.73. The predicted octanol–water partition coefficient (Wildman–Crippen LogP) is 1.83. The van der Waals surface area contributed by atoms with Crippen LogP contribution in [0.25, 0.3) is 0 Å². The maximum absolute atomic E-state index is 13.8. The normalized spacial score (nSPS) is 25.0. The van der Waals surface area contributed by atoms with Gasteiger partial charge in [0.1, 0.15) is 5.82 Å². The number of halogens is 3. The molecule has 2 atom stereocenters. The number of hydrogen-bond acceptors (Lipinski definition) is 7. The van der Waals surface area contributed by atoms with E-state index in [0.717, 1.165) is 5.82 Å². The number of ether oxygens (including phenoxy) is 1. The fourth-order valence-electron chi connectivity index (χ4n) is 5.18. The van der Waals surface area contributed by atoms with E-state index in [4.69, 9.17) is 14.6 Å². The van der Waals surface area contributed by atoms with Crippen molar-refractivity contribution in [3.05, 3.63) is 24.4 Å². The standard InChI is InChI=1S/C21H32N4O4S.C2HF3O2/c1-2-14-30(27,28)25-9-5-7-21(20(26)23-10-12-29-13-11-23)17-24(15-18(21)16-25)19-6-3-4-8-22-19;3-2(4,5)1(6)7/h3-4,6,8,18H,2,5,7,9-17H2,1H3;(H,6,7)/t18-,21+;/m1./s1. The molecule has 0 saturated carbocycles. The van der Waals surface area contributed by atoms with Gasteiger partial charge in [0.25, 0.3) is 0 Å². The fraction of sp³-hybridized carbons (Fsp3) is 0.696. The number of carboxylic acid groups (broad SMARTS) is 1. The molecule has 0 radical (unpaired) electrons. The van der Waals surface area contributed by atoms with Gasteiger partial charge in [-0.15, -0.1) is 0 Å². The van der Waals surface area contributed by atoms with Crippen LogP contribution in [0.3, 0.4) is 0 Å². The predicted molar refractivity (Wildman–Crippen MR) is 128 cm³/mol. The Morgan fingerprint density at radius 2 is 1.86 bits per heavy atom. The van der Waals surface area contributed by atoms with Crippen LogP contribution >= 0.6 is 0 Å². The first-order chi connectivity index (χ1) is 17.4. The summed E-state index contributed by atoms with van der Waals surface area (Å²) >= 11 is 0. The molecule has 0 bridgehead atoms. The number of sulfonamides is 1. The van der Waals surface area contributed by atoms with Crippen LogP contribution in [-0.4, -0.2) is 104 Å². The number of carbonyl (C=O) groups excluding carboxylic acids is 1. The second-order valence-corrected chi connectivity index (χ2v) is 11.5. The van der Waals surface area contributed by atoms with Gasteiger partial charge in [-0.05, 0) is 31.4 Å². The molecule has 0 aromatic carbocycles. The van der Waals surface area contributed by atoms with E-state index in [2.05, 4.69) is 9.88 Å². The Balaban J connectivity index is 0.000000479. The molecule has 10 nitrogen and oxygen atoms in total. The van der Waals surface area contributed by atoms with Crippen molar-refractivity contribution in [1.29, 1.82) is 0 Å². The molecule has 208 valence electrons. The molecule has 0 aliphatic carbocycles. The summed E-state index contributed by atoms with van der Waals surface area (Å²) in [5, 5.41) is 7.12. The first-order valence-electron chi connectivity index (χ1n) is 12.2. The maximum atomic E-state index is 13.8. The molecule has 1 aromatic rings. The minimum absolute atomic E-state index is 0.0519. The van der Waals surface area contributed by atoms with Crippen LogP contribution in [0.15, 0.2) is 24.4 Å². The Hall–Kier alpha value is -2.45. The molecule has 3 aliphatic heterocycles. The molecule has 3 fully saturated rings. The number of morpholine rings is 1. The third-order valence-corrected chi connectivity index (χ3v) is 8.99. The van der Waals surface area contributed by atoms with E-state index in [1.54, 1.807) is 10.5 Å². The molecular formula is C23H33F3N4O6S. The van der Waals surface area contributed by atoms with Crippen molar-refractivity contribution in [3.63, 3.8) is 0 Å². The summed E-state index contributed by atoms with van der Waals surface area (Å²) in [6.07, 6.45) is -1.32. The zero-order valence-electron chi connectivity index (χ0n) is 20.7. The van der Waals surface area contributed by atoms with Crippen molar-refractivity contribution in [3.8, 4) is 0 Å². The van der Waals surface area contributed by atoms with E-state index >= 15 is 0 Å². The number of nitrogens with zero attached hydrogens (tertiary/aromatic N) is 4. The Morgan fingerprint density at radius 1 is 1.19 bits per heavy atom. The molecule has 14 heteroatoms. The number of hydrogen-bond donors (Lipinski definition) is 1. The monoisotopic (exact) mass is 550 g/mol. The Kier molecular flexibility index (Phi) is 9.40. The van der Waals surface area contributed by atoms with Gasteiger partial charge in [-0.25, -0.2) is 22.5 Å². The number of amides is 1. The van der Waals surface area contributed by atoms with Crippen LogP contribution in [0.2, 0.25) is 0 Å². The molecule has 1 aromatic heterocycles. The van der Waals surface area contributed by atoms with Gasteiger partial charge in [-0.3, -0.25) is 4.79 Å². The van der Waals surface area contributed by atoms with Gasteiger partial charge < -0.3 is 19.6 Å². The minimum atomic E-state index is -5.08. The lowest BCUT2D eigenvalue weighted by Crippen LogP contribution is -2.53. The Morgan fingerprint density at radius 3 is 2.43 bits per heavy atom. The third-order valence-electron chi connectivity index (χ3n) is 6.95. The summed E-state index contributed by atoms with van der Waals surface area (Å²) in [4.78, 5) is 31.3. The van der Waals surface area contributed by atoms with Crippen molar-refractivity contribution in [2.45, 2.75) is 32.4 Å². The third kappa shape index (κ3) is 6.90. The highest BCUT2D eigenvalue weighted by molar-refractivity contribution is 7.89. The summed E-state index contributed by atoms with van der Waals surface area (Å²) in [5.41, 5.74) is -0.578. The van der Waals surface area contributed by atoms with E-state index in [1.807, 2.05) is 30.0 Å². The van der Waals surface area contributed by atoms with Gasteiger partial charge in [-0.1, -0.05) is 13.0 Å². The van der Waals surface area contributed by atoms with Crippen molar-refractivity contribution < 1.29 is 41.0 Å². The van der Waals surface area contributed by atoms with Gasteiger partial charge in [0.15, 0.2) is 0 Å². The zero-order chi connectivity index (χ0) is 27.3. The first-order valence-corrected chi connectivity index (χ1v) is 13.8. The van der Waals surface area contributed by atoms with Crippen LogP contribution < -0.4 is 4.90 Å². The number of anilines is 1. The topological polar surface area (TPSA) is 120 Å². The second kappa shape index (κ2) is 11.9. The molecule has 0 spiro atoms. The van der Waals surface area contributed by atoms with Crippen LogP contribution in [-0.2, 0) is 24.3 Å². The average molecular weight is 551 g/mol. The van der Waals surface area contributed by atoms with Crippen LogP contribution in [0, 0.1) is 11.3 Å².